The Balaban J connectivity index is 1.88. The van der Waals surface area contributed by atoms with Gasteiger partial charge in [0.2, 0.25) is 0 Å². The zero-order valence-corrected chi connectivity index (χ0v) is 19.8. The molecule has 5 N–H and O–H groups in total. The highest BCUT2D eigenvalue weighted by Crippen LogP contribution is 2.32. The molecule has 12 heteroatoms. The minimum Gasteiger partial charge on any atom is -0.493 e. The predicted octanol–water partition coefficient (Wildman–Crippen LogP) is 3.28. The van der Waals surface area contributed by atoms with Crippen LogP contribution in [0.15, 0.2) is 53.4 Å². The van der Waals surface area contributed by atoms with Gasteiger partial charge in [0.15, 0.2) is 0 Å². The minimum atomic E-state index is -4.52. The number of amides is 1. The number of rotatable bonds is 9. The SMILES string of the molecule is Cc1cc(C(=O)Nc2ccc3cc(S(=O)(=O)O)cc(OCCCCS(=O)(=O)O)c3c2)ccc1N. The topological polar surface area (TPSA) is 173 Å². The van der Waals surface area contributed by atoms with E-state index in [1.54, 1.807) is 43.3 Å². The van der Waals surface area contributed by atoms with Crippen LogP contribution in [0.1, 0.15) is 28.8 Å². The Labute approximate surface area is 197 Å². The molecule has 0 aliphatic rings. The Kier molecular flexibility index (Phi) is 7.46. The van der Waals surface area contributed by atoms with Gasteiger partial charge in [-0.15, -0.1) is 0 Å². The summed E-state index contributed by atoms with van der Waals surface area (Å²) in [6.07, 6.45) is 0.404. The van der Waals surface area contributed by atoms with Crippen LogP contribution in [0.3, 0.4) is 0 Å². The summed E-state index contributed by atoms with van der Waals surface area (Å²) in [5, 5.41) is 3.67. The van der Waals surface area contributed by atoms with Gasteiger partial charge in [-0.05, 0) is 67.1 Å². The van der Waals surface area contributed by atoms with Gasteiger partial charge in [-0.1, -0.05) is 6.07 Å². The Morgan fingerprint density at radius 3 is 2.38 bits per heavy atom. The third-order valence-corrected chi connectivity index (χ3v) is 6.67. The highest BCUT2D eigenvalue weighted by molar-refractivity contribution is 7.86. The molecule has 3 rings (SSSR count). The Morgan fingerprint density at radius 1 is 1.00 bits per heavy atom. The van der Waals surface area contributed by atoms with Crippen molar-refractivity contribution >= 4 is 48.3 Å². The molecule has 0 aliphatic heterocycles. The lowest BCUT2D eigenvalue weighted by Crippen LogP contribution is -2.12. The zero-order valence-electron chi connectivity index (χ0n) is 18.2. The monoisotopic (exact) mass is 508 g/mol. The number of nitrogens with two attached hydrogens (primary N) is 1. The average Bonchev–Trinajstić information content (AvgIpc) is 2.73. The maximum atomic E-state index is 12.6. The van der Waals surface area contributed by atoms with Crippen molar-refractivity contribution in [3.05, 3.63) is 59.7 Å². The fourth-order valence-corrected chi connectivity index (χ4v) is 4.33. The summed E-state index contributed by atoms with van der Waals surface area (Å²) in [6.45, 7) is 1.81. The number of ether oxygens (including phenoxy) is 1. The second-order valence-electron chi connectivity index (χ2n) is 7.70. The summed E-state index contributed by atoms with van der Waals surface area (Å²) >= 11 is 0. The summed E-state index contributed by atoms with van der Waals surface area (Å²) in [4.78, 5) is 12.3. The molecule has 0 fully saturated rings. The number of hydrogen-bond acceptors (Lipinski definition) is 7. The molecule has 1 amide bonds. The lowest BCUT2D eigenvalue weighted by Gasteiger charge is -2.13. The third-order valence-electron chi connectivity index (χ3n) is 5.03. The largest absolute Gasteiger partial charge is 0.493 e. The van der Waals surface area contributed by atoms with Crippen LogP contribution < -0.4 is 15.8 Å². The number of fused-ring (bicyclic) bond motifs is 1. The van der Waals surface area contributed by atoms with Crippen LogP contribution in [0.2, 0.25) is 0 Å². The molecule has 0 spiro atoms. The first-order valence-electron chi connectivity index (χ1n) is 10.1. The van der Waals surface area contributed by atoms with Crippen molar-refractivity contribution in [3.8, 4) is 5.75 Å². The molecule has 182 valence electrons. The van der Waals surface area contributed by atoms with Crippen LogP contribution in [-0.4, -0.2) is 44.2 Å². The maximum Gasteiger partial charge on any atom is 0.294 e. The minimum absolute atomic E-state index is 0.0286. The van der Waals surface area contributed by atoms with Crippen molar-refractivity contribution in [3.63, 3.8) is 0 Å². The maximum absolute atomic E-state index is 12.6. The highest BCUT2D eigenvalue weighted by Gasteiger charge is 2.16. The second kappa shape index (κ2) is 9.97. The average molecular weight is 509 g/mol. The van der Waals surface area contributed by atoms with Crippen LogP contribution in [0.25, 0.3) is 10.8 Å². The number of anilines is 2. The molecule has 0 heterocycles. The number of carbonyl (C=O) groups excluding carboxylic acids is 1. The molecule has 0 radical (unpaired) electrons. The number of nitrogen functional groups attached to an aromatic ring is 1. The number of hydrogen-bond donors (Lipinski definition) is 4. The third kappa shape index (κ3) is 6.67. The van der Waals surface area contributed by atoms with Gasteiger partial charge in [0.05, 0.1) is 17.3 Å². The second-order valence-corrected chi connectivity index (χ2v) is 10.7. The van der Waals surface area contributed by atoms with E-state index >= 15 is 0 Å². The highest BCUT2D eigenvalue weighted by atomic mass is 32.2. The summed E-state index contributed by atoms with van der Waals surface area (Å²) in [7, 11) is -8.61. The van der Waals surface area contributed by atoms with Gasteiger partial charge in [-0.3, -0.25) is 13.9 Å². The quantitative estimate of drug-likeness (QED) is 0.192. The lowest BCUT2D eigenvalue weighted by molar-refractivity contribution is 0.102. The van der Waals surface area contributed by atoms with E-state index in [-0.39, 0.29) is 36.0 Å². The van der Waals surface area contributed by atoms with Crippen LogP contribution in [0.5, 0.6) is 5.75 Å². The van der Waals surface area contributed by atoms with Crippen molar-refractivity contribution in [1.29, 1.82) is 0 Å². The van der Waals surface area contributed by atoms with E-state index in [1.807, 2.05) is 0 Å². The fraction of sp³-hybridized carbons (Fsp3) is 0.227. The predicted molar refractivity (Wildman–Crippen MR) is 128 cm³/mol. The van der Waals surface area contributed by atoms with Gasteiger partial charge >= 0.3 is 0 Å². The smallest absolute Gasteiger partial charge is 0.294 e. The van der Waals surface area contributed by atoms with Crippen LogP contribution in [0.4, 0.5) is 11.4 Å². The molecule has 0 unspecified atom stereocenters. The lowest BCUT2D eigenvalue weighted by atomic mass is 10.1. The van der Waals surface area contributed by atoms with Crippen molar-refractivity contribution in [2.45, 2.75) is 24.7 Å². The van der Waals surface area contributed by atoms with E-state index in [0.717, 1.165) is 11.6 Å². The van der Waals surface area contributed by atoms with Gasteiger partial charge in [-0.2, -0.15) is 16.8 Å². The number of unbranched alkanes of at least 4 members (excludes halogenated alkanes) is 1. The molecule has 0 aliphatic carbocycles. The van der Waals surface area contributed by atoms with Crippen molar-refractivity contribution in [1.82, 2.24) is 0 Å². The molecule has 0 saturated carbocycles. The Hall–Kier alpha value is -3.19. The van der Waals surface area contributed by atoms with Crippen molar-refractivity contribution in [2.75, 3.05) is 23.4 Å². The summed E-state index contributed by atoms with van der Waals surface area (Å²) in [6, 6.07) is 12.0. The number of benzene rings is 3. The molecule has 0 atom stereocenters. The fourth-order valence-electron chi connectivity index (χ4n) is 3.23. The van der Waals surface area contributed by atoms with Crippen molar-refractivity contribution in [2.24, 2.45) is 0 Å². The first-order valence-corrected chi connectivity index (χ1v) is 13.2. The molecular weight excluding hydrogens is 484 g/mol. The first-order chi connectivity index (χ1) is 15.8. The summed E-state index contributed by atoms with van der Waals surface area (Å²) < 4.78 is 69.0. The van der Waals surface area contributed by atoms with Crippen LogP contribution in [-0.2, 0) is 20.2 Å². The molecule has 0 bridgehead atoms. The Bertz CT molecular complexity index is 1450. The molecule has 10 nitrogen and oxygen atoms in total. The Morgan fingerprint density at radius 2 is 1.74 bits per heavy atom. The van der Waals surface area contributed by atoms with E-state index in [2.05, 4.69) is 5.32 Å². The molecule has 3 aromatic rings. The van der Waals surface area contributed by atoms with Gasteiger partial charge < -0.3 is 15.8 Å². The number of carbonyl (C=O) groups is 1. The summed E-state index contributed by atoms with van der Waals surface area (Å²) in [5.41, 5.74) is 7.94. The van der Waals surface area contributed by atoms with E-state index in [0.29, 0.717) is 27.7 Å². The van der Waals surface area contributed by atoms with E-state index < -0.39 is 26.0 Å². The molecular formula is C22H24N2O8S2. The summed E-state index contributed by atoms with van der Waals surface area (Å²) in [5.74, 6) is -0.677. The van der Waals surface area contributed by atoms with E-state index in [9.17, 15) is 26.2 Å². The standard InChI is InChI=1S/C22H24N2O8S2/c1-14-10-16(5-7-20(14)23)22(25)24-17-6-4-15-11-18(34(29,30)31)13-21(19(15)12-17)32-8-2-3-9-33(26,27)28/h4-7,10-13H,2-3,8-9,23H2,1H3,(H,24,25)(H,26,27,28)(H,29,30,31). The van der Waals surface area contributed by atoms with Gasteiger partial charge in [-0.25, -0.2) is 0 Å². The normalized spacial score (nSPS) is 12.0. The molecule has 0 aromatic heterocycles. The number of nitrogens with one attached hydrogen (secondary N) is 1. The number of aryl methyl sites for hydroxylation is 1. The molecule has 3 aromatic carbocycles. The molecule has 0 saturated heterocycles. The van der Waals surface area contributed by atoms with E-state index in [1.165, 1.54) is 6.07 Å². The van der Waals surface area contributed by atoms with Crippen LogP contribution in [0, 0.1) is 6.92 Å². The molecule has 34 heavy (non-hydrogen) atoms. The van der Waals surface area contributed by atoms with Gasteiger partial charge in [0, 0.05) is 28.4 Å². The van der Waals surface area contributed by atoms with E-state index in [4.69, 9.17) is 15.0 Å². The zero-order chi connectivity index (χ0) is 25.1. The van der Waals surface area contributed by atoms with Crippen molar-refractivity contribution < 1.29 is 35.5 Å². The van der Waals surface area contributed by atoms with Gasteiger partial charge in [0.25, 0.3) is 26.1 Å². The first kappa shape index (κ1) is 25.4. The van der Waals surface area contributed by atoms with Gasteiger partial charge in [0.1, 0.15) is 5.75 Å². The van der Waals surface area contributed by atoms with Crippen LogP contribution >= 0.6 is 0 Å².